The van der Waals surface area contributed by atoms with Gasteiger partial charge >= 0.3 is 0 Å². The number of hydrogen-bond donors (Lipinski definition) is 1. The Morgan fingerprint density at radius 2 is 2.21 bits per heavy atom. The van der Waals surface area contributed by atoms with Crippen LogP contribution in [0.4, 0.5) is 0 Å². The molecule has 0 radical (unpaired) electrons. The zero-order valence-corrected chi connectivity index (χ0v) is 9.24. The molecule has 0 aliphatic carbocycles. The molecule has 0 saturated carbocycles. The second-order valence-electron chi connectivity index (χ2n) is 3.73. The summed E-state index contributed by atoms with van der Waals surface area (Å²) in [5.74, 6) is 1.04. The zero-order valence-electron chi connectivity index (χ0n) is 9.24. The van der Waals surface area contributed by atoms with Gasteiger partial charge in [-0.3, -0.25) is 0 Å². The minimum Gasteiger partial charge on any atom is -0.334 e. The number of aromatic nitrogens is 2. The van der Waals surface area contributed by atoms with E-state index in [2.05, 4.69) is 23.4 Å². The number of hydrogen-bond acceptors (Lipinski definition) is 2. The summed E-state index contributed by atoms with van der Waals surface area (Å²) in [5, 5.41) is 0. The standard InChI is InChI=1S/C11H21N3/c1-3-5-6-10(12)11-13-7-9-14(11)8-4-2/h7,9-10H,3-6,8,12H2,1-2H3. The maximum Gasteiger partial charge on any atom is 0.125 e. The zero-order chi connectivity index (χ0) is 10.4. The lowest BCUT2D eigenvalue weighted by Crippen LogP contribution is -2.16. The molecular formula is C11H21N3. The number of imidazole rings is 1. The van der Waals surface area contributed by atoms with Gasteiger partial charge in [-0.05, 0) is 12.8 Å². The van der Waals surface area contributed by atoms with E-state index in [0.29, 0.717) is 0 Å². The largest absolute Gasteiger partial charge is 0.334 e. The van der Waals surface area contributed by atoms with Crippen molar-refractivity contribution in [1.82, 2.24) is 9.55 Å². The Kier molecular flexibility index (Phi) is 4.66. The van der Waals surface area contributed by atoms with Gasteiger partial charge in [0.2, 0.25) is 0 Å². The molecule has 3 heteroatoms. The monoisotopic (exact) mass is 195 g/mol. The highest BCUT2D eigenvalue weighted by Crippen LogP contribution is 2.15. The summed E-state index contributed by atoms with van der Waals surface area (Å²) in [4.78, 5) is 4.33. The van der Waals surface area contributed by atoms with Crippen molar-refractivity contribution in [2.24, 2.45) is 5.73 Å². The van der Waals surface area contributed by atoms with Gasteiger partial charge in [-0.15, -0.1) is 0 Å². The van der Waals surface area contributed by atoms with Crippen molar-refractivity contribution in [3.8, 4) is 0 Å². The van der Waals surface area contributed by atoms with Crippen LogP contribution < -0.4 is 5.73 Å². The molecule has 1 atom stereocenters. The van der Waals surface area contributed by atoms with Crippen LogP contribution in [0.15, 0.2) is 12.4 Å². The highest BCUT2D eigenvalue weighted by Gasteiger charge is 2.10. The third-order valence-electron chi connectivity index (χ3n) is 2.41. The number of unbranched alkanes of at least 4 members (excludes halogenated alkanes) is 1. The molecule has 1 heterocycles. The fourth-order valence-electron chi connectivity index (χ4n) is 1.63. The van der Waals surface area contributed by atoms with E-state index in [4.69, 9.17) is 5.73 Å². The molecule has 0 amide bonds. The van der Waals surface area contributed by atoms with Crippen molar-refractivity contribution in [2.45, 2.75) is 52.1 Å². The third-order valence-corrected chi connectivity index (χ3v) is 2.41. The first-order valence-electron chi connectivity index (χ1n) is 5.56. The van der Waals surface area contributed by atoms with Gasteiger partial charge in [-0.2, -0.15) is 0 Å². The van der Waals surface area contributed by atoms with Crippen LogP contribution in [-0.2, 0) is 6.54 Å². The maximum absolute atomic E-state index is 6.07. The number of nitrogens with two attached hydrogens (primary N) is 1. The van der Waals surface area contributed by atoms with Crippen LogP contribution in [0.5, 0.6) is 0 Å². The normalized spacial score (nSPS) is 13.1. The molecule has 1 aromatic heterocycles. The Balaban J connectivity index is 2.58. The second-order valence-corrected chi connectivity index (χ2v) is 3.73. The van der Waals surface area contributed by atoms with Gasteiger partial charge in [0.15, 0.2) is 0 Å². The minimum absolute atomic E-state index is 0.108. The van der Waals surface area contributed by atoms with Crippen molar-refractivity contribution in [2.75, 3.05) is 0 Å². The summed E-state index contributed by atoms with van der Waals surface area (Å²) < 4.78 is 2.17. The second kappa shape index (κ2) is 5.81. The molecular weight excluding hydrogens is 174 g/mol. The fourth-order valence-corrected chi connectivity index (χ4v) is 1.63. The van der Waals surface area contributed by atoms with Crippen molar-refractivity contribution >= 4 is 0 Å². The van der Waals surface area contributed by atoms with Crippen LogP contribution >= 0.6 is 0 Å². The molecule has 3 nitrogen and oxygen atoms in total. The predicted octanol–water partition coefficient (Wildman–Crippen LogP) is 2.48. The molecule has 0 bridgehead atoms. The fraction of sp³-hybridized carbons (Fsp3) is 0.727. The van der Waals surface area contributed by atoms with E-state index < -0.39 is 0 Å². The Morgan fingerprint density at radius 3 is 2.86 bits per heavy atom. The summed E-state index contributed by atoms with van der Waals surface area (Å²) in [6.07, 6.45) is 8.41. The first-order valence-corrected chi connectivity index (χ1v) is 5.56. The summed E-state index contributed by atoms with van der Waals surface area (Å²) in [6, 6.07) is 0.108. The third kappa shape index (κ3) is 2.84. The van der Waals surface area contributed by atoms with Gasteiger partial charge in [0.05, 0.1) is 6.04 Å². The first-order chi connectivity index (χ1) is 6.79. The molecule has 14 heavy (non-hydrogen) atoms. The van der Waals surface area contributed by atoms with Crippen molar-refractivity contribution in [3.05, 3.63) is 18.2 Å². The molecule has 2 N–H and O–H groups in total. The molecule has 1 unspecified atom stereocenters. The van der Waals surface area contributed by atoms with Gasteiger partial charge in [-0.25, -0.2) is 4.98 Å². The Morgan fingerprint density at radius 1 is 1.43 bits per heavy atom. The van der Waals surface area contributed by atoms with Crippen LogP contribution in [0.25, 0.3) is 0 Å². The van der Waals surface area contributed by atoms with E-state index in [1.807, 2.05) is 12.4 Å². The molecule has 1 aromatic rings. The summed E-state index contributed by atoms with van der Waals surface area (Å²) >= 11 is 0. The Labute approximate surface area is 86.3 Å². The minimum atomic E-state index is 0.108. The molecule has 0 saturated heterocycles. The average Bonchev–Trinajstić information content (AvgIpc) is 2.63. The van der Waals surface area contributed by atoms with E-state index in [9.17, 15) is 0 Å². The van der Waals surface area contributed by atoms with E-state index in [1.54, 1.807) is 0 Å². The first kappa shape index (κ1) is 11.2. The van der Waals surface area contributed by atoms with Gasteiger partial charge in [-0.1, -0.05) is 26.7 Å². The Hall–Kier alpha value is -0.830. The van der Waals surface area contributed by atoms with E-state index in [-0.39, 0.29) is 6.04 Å². The van der Waals surface area contributed by atoms with Crippen molar-refractivity contribution < 1.29 is 0 Å². The van der Waals surface area contributed by atoms with E-state index in [1.165, 1.54) is 12.8 Å². The van der Waals surface area contributed by atoms with E-state index >= 15 is 0 Å². The highest BCUT2D eigenvalue weighted by molar-refractivity contribution is 4.98. The van der Waals surface area contributed by atoms with Crippen molar-refractivity contribution in [3.63, 3.8) is 0 Å². The molecule has 0 aliphatic rings. The van der Waals surface area contributed by atoms with Gasteiger partial charge in [0, 0.05) is 18.9 Å². The number of aryl methyl sites for hydroxylation is 1. The van der Waals surface area contributed by atoms with Gasteiger partial charge in [0.1, 0.15) is 5.82 Å². The molecule has 80 valence electrons. The highest BCUT2D eigenvalue weighted by atomic mass is 15.1. The topological polar surface area (TPSA) is 43.8 Å². The lowest BCUT2D eigenvalue weighted by molar-refractivity contribution is 0.530. The lowest BCUT2D eigenvalue weighted by atomic mass is 10.1. The van der Waals surface area contributed by atoms with Crippen LogP contribution in [0, 0.1) is 0 Å². The number of rotatable bonds is 6. The molecule has 0 aliphatic heterocycles. The van der Waals surface area contributed by atoms with Crippen LogP contribution in [-0.4, -0.2) is 9.55 Å². The smallest absolute Gasteiger partial charge is 0.125 e. The predicted molar refractivity (Wildman–Crippen MR) is 59.0 cm³/mol. The summed E-state index contributed by atoms with van der Waals surface area (Å²) in [7, 11) is 0. The molecule has 1 rings (SSSR count). The molecule has 0 spiro atoms. The molecule has 0 fully saturated rings. The Bertz CT molecular complexity index is 255. The lowest BCUT2D eigenvalue weighted by Gasteiger charge is -2.12. The van der Waals surface area contributed by atoms with Crippen LogP contribution in [0.3, 0.4) is 0 Å². The van der Waals surface area contributed by atoms with Crippen LogP contribution in [0.2, 0.25) is 0 Å². The van der Waals surface area contributed by atoms with Crippen molar-refractivity contribution in [1.29, 1.82) is 0 Å². The average molecular weight is 195 g/mol. The number of nitrogens with zero attached hydrogens (tertiary/aromatic N) is 2. The van der Waals surface area contributed by atoms with Crippen LogP contribution in [0.1, 0.15) is 51.4 Å². The van der Waals surface area contributed by atoms with Gasteiger partial charge in [0.25, 0.3) is 0 Å². The summed E-state index contributed by atoms with van der Waals surface area (Å²) in [5.41, 5.74) is 6.07. The molecule has 0 aromatic carbocycles. The summed E-state index contributed by atoms with van der Waals surface area (Å²) in [6.45, 7) is 5.38. The van der Waals surface area contributed by atoms with E-state index in [0.717, 1.165) is 25.2 Å². The van der Waals surface area contributed by atoms with Gasteiger partial charge < -0.3 is 10.3 Å². The SMILES string of the molecule is CCCCC(N)c1nccn1CCC. The quantitative estimate of drug-likeness (QED) is 0.758. The maximum atomic E-state index is 6.07.